The normalized spacial score (nSPS) is 16.1. The van der Waals surface area contributed by atoms with E-state index in [0.717, 1.165) is 33.1 Å². The Labute approximate surface area is 200 Å². The van der Waals surface area contributed by atoms with Crippen LogP contribution in [0.4, 0.5) is 4.79 Å². The Morgan fingerprint density at radius 3 is 2.50 bits per heavy atom. The number of carbonyl (C=O) groups excluding carboxylic acids is 3. The maximum absolute atomic E-state index is 13.0. The van der Waals surface area contributed by atoms with Crippen molar-refractivity contribution in [1.29, 1.82) is 0 Å². The second-order valence-electron chi connectivity index (χ2n) is 8.12. The largest absolute Gasteiger partial charge is 0.467 e. The lowest BCUT2D eigenvalue weighted by Crippen LogP contribution is -2.42. The van der Waals surface area contributed by atoms with Gasteiger partial charge in [0, 0.05) is 29.2 Å². The standard InChI is InChI=1S/C27H22N2O4S/c1-17(26(31)33-2)29-25(30)24(34-27(29)32)14-20-16-28(23-13-6-5-12-22(20)23)15-19-10-7-9-18-8-3-4-11-21(18)19/h3-14,16-17H,15H2,1-2H3/b24-14+/t17-/m0/s1. The summed E-state index contributed by atoms with van der Waals surface area (Å²) in [4.78, 5) is 38.6. The van der Waals surface area contributed by atoms with Crippen molar-refractivity contribution in [2.24, 2.45) is 0 Å². The molecule has 0 bridgehead atoms. The molecule has 170 valence electrons. The maximum atomic E-state index is 13.0. The summed E-state index contributed by atoms with van der Waals surface area (Å²) in [6.45, 7) is 2.15. The Kier molecular flexibility index (Phi) is 5.71. The maximum Gasteiger partial charge on any atom is 0.328 e. The Morgan fingerprint density at radius 1 is 1.00 bits per heavy atom. The third-order valence-electron chi connectivity index (χ3n) is 6.08. The van der Waals surface area contributed by atoms with Crippen LogP contribution in [0.2, 0.25) is 0 Å². The highest BCUT2D eigenvalue weighted by Gasteiger charge is 2.41. The van der Waals surface area contributed by atoms with Crippen molar-refractivity contribution in [2.75, 3.05) is 7.11 Å². The zero-order valence-corrected chi connectivity index (χ0v) is 19.5. The molecular weight excluding hydrogens is 448 g/mol. The number of hydrogen-bond acceptors (Lipinski definition) is 5. The fourth-order valence-electron chi connectivity index (χ4n) is 4.37. The molecule has 7 heteroatoms. The number of ether oxygens (including phenoxy) is 1. The van der Waals surface area contributed by atoms with Crippen molar-refractivity contribution in [3.8, 4) is 0 Å². The smallest absolute Gasteiger partial charge is 0.328 e. The average Bonchev–Trinajstić information content (AvgIpc) is 3.34. The van der Waals surface area contributed by atoms with Gasteiger partial charge in [-0.15, -0.1) is 0 Å². The number of aromatic nitrogens is 1. The first-order valence-electron chi connectivity index (χ1n) is 10.9. The van der Waals surface area contributed by atoms with Crippen molar-refractivity contribution >= 4 is 56.6 Å². The number of fused-ring (bicyclic) bond motifs is 2. The minimum absolute atomic E-state index is 0.286. The molecule has 1 saturated heterocycles. The van der Waals surface area contributed by atoms with Crippen LogP contribution in [0.1, 0.15) is 18.1 Å². The average molecular weight is 471 g/mol. The summed E-state index contributed by atoms with van der Waals surface area (Å²) in [5.74, 6) is -1.12. The molecular formula is C27H22N2O4S. The predicted octanol–water partition coefficient (Wildman–Crippen LogP) is 5.44. The summed E-state index contributed by atoms with van der Waals surface area (Å²) in [5.41, 5.74) is 3.06. The van der Waals surface area contributed by atoms with Crippen molar-refractivity contribution in [2.45, 2.75) is 19.5 Å². The number of carbonyl (C=O) groups is 3. The van der Waals surface area contributed by atoms with Crippen molar-refractivity contribution in [3.05, 3.63) is 89.0 Å². The van der Waals surface area contributed by atoms with E-state index in [-0.39, 0.29) is 4.91 Å². The molecule has 0 radical (unpaired) electrons. The number of benzene rings is 3. The van der Waals surface area contributed by atoms with Gasteiger partial charge in [-0.3, -0.25) is 14.5 Å². The molecule has 1 aliphatic rings. The van der Waals surface area contributed by atoms with Crippen LogP contribution >= 0.6 is 11.8 Å². The molecule has 1 fully saturated rings. The zero-order chi connectivity index (χ0) is 23.8. The van der Waals surface area contributed by atoms with Gasteiger partial charge in [-0.25, -0.2) is 4.79 Å². The van der Waals surface area contributed by atoms with Gasteiger partial charge >= 0.3 is 5.97 Å². The topological polar surface area (TPSA) is 68.6 Å². The van der Waals surface area contributed by atoms with Crippen LogP contribution in [-0.4, -0.2) is 39.7 Å². The van der Waals surface area contributed by atoms with Gasteiger partial charge in [-0.2, -0.15) is 0 Å². The fourth-order valence-corrected chi connectivity index (χ4v) is 5.26. The molecule has 34 heavy (non-hydrogen) atoms. The van der Waals surface area contributed by atoms with Crippen LogP contribution in [0.5, 0.6) is 0 Å². The minimum Gasteiger partial charge on any atom is -0.467 e. The highest BCUT2D eigenvalue weighted by atomic mass is 32.2. The molecule has 0 aliphatic carbocycles. The van der Waals surface area contributed by atoms with Gasteiger partial charge in [0.2, 0.25) is 0 Å². The zero-order valence-electron chi connectivity index (χ0n) is 18.7. The summed E-state index contributed by atoms with van der Waals surface area (Å²) >= 11 is 0.838. The predicted molar refractivity (Wildman–Crippen MR) is 134 cm³/mol. The fraction of sp³-hybridized carbons (Fsp3) is 0.148. The molecule has 2 amide bonds. The molecule has 0 spiro atoms. The molecule has 6 nitrogen and oxygen atoms in total. The van der Waals surface area contributed by atoms with E-state index in [9.17, 15) is 14.4 Å². The van der Waals surface area contributed by atoms with Crippen LogP contribution in [-0.2, 0) is 20.9 Å². The molecule has 3 aromatic carbocycles. The van der Waals surface area contributed by atoms with Gasteiger partial charge in [0.1, 0.15) is 6.04 Å². The number of rotatable bonds is 5. The van der Waals surface area contributed by atoms with Gasteiger partial charge in [0.15, 0.2) is 0 Å². The number of nitrogens with zero attached hydrogens (tertiary/aromatic N) is 2. The van der Waals surface area contributed by atoms with Gasteiger partial charge in [0.05, 0.1) is 12.0 Å². The van der Waals surface area contributed by atoms with E-state index in [1.807, 2.05) is 42.6 Å². The highest BCUT2D eigenvalue weighted by molar-refractivity contribution is 8.18. The molecule has 0 unspecified atom stereocenters. The summed E-state index contributed by atoms with van der Waals surface area (Å²) in [6.07, 6.45) is 3.74. The minimum atomic E-state index is -0.976. The number of amides is 2. The molecule has 4 aromatic rings. The second kappa shape index (κ2) is 8.83. The van der Waals surface area contributed by atoms with Gasteiger partial charge in [-0.05, 0) is 47.2 Å². The molecule has 1 atom stereocenters. The van der Waals surface area contributed by atoms with Crippen LogP contribution in [0.25, 0.3) is 27.8 Å². The lowest BCUT2D eigenvalue weighted by molar-refractivity contribution is -0.148. The molecule has 0 saturated carbocycles. The lowest BCUT2D eigenvalue weighted by Gasteiger charge is -2.18. The monoisotopic (exact) mass is 470 g/mol. The number of para-hydroxylation sites is 1. The van der Waals surface area contributed by atoms with Crippen LogP contribution in [0.15, 0.2) is 77.8 Å². The highest BCUT2D eigenvalue weighted by Crippen LogP contribution is 2.35. The van der Waals surface area contributed by atoms with Gasteiger partial charge in [-0.1, -0.05) is 60.7 Å². The van der Waals surface area contributed by atoms with Crippen molar-refractivity contribution in [3.63, 3.8) is 0 Å². The number of imide groups is 1. The number of esters is 1. The summed E-state index contributed by atoms with van der Waals surface area (Å²) < 4.78 is 6.86. The molecule has 2 heterocycles. The van der Waals surface area contributed by atoms with E-state index in [2.05, 4.69) is 34.9 Å². The number of methoxy groups -OCH3 is 1. The third kappa shape index (κ3) is 3.78. The van der Waals surface area contributed by atoms with E-state index in [0.29, 0.717) is 6.54 Å². The van der Waals surface area contributed by atoms with Gasteiger partial charge in [0.25, 0.3) is 11.1 Å². The summed E-state index contributed by atoms with van der Waals surface area (Å²) in [7, 11) is 1.23. The first kappa shape index (κ1) is 22.0. The van der Waals surface area contributed by atoms with E-state index in [1.165, 1.54) is 30.4 Å². The first-order chi connectivity index (χ1) is 16.5. The Hall–Kier alpha value is -3.84. The van der Waals surface area contributed by atoms with Crippen molar-refractivity contribution < 1.29 is 19.1 Å². The van der Waals surface area contributed by atoms with Gasteiger partial charge < -0.3 is 9.30 Å². The number of thioether (sulfide) groups is 1. The van der Waals surface area contributed by atoms with E-state index >= 15 is 0 Å². The Balaban J connectivity index is 1.54. The van der Waals surface area contributed by atoms with E-state index in [1.54, 1.807) is 6.08 Å². The molecule has 1 aliphatic heterocycles. The molecule has 5 rings (SSSR count). The van der Waals surface area contributed by atoms with E-state index in [4.69, 9.17) is 4.74 Å². The number of hydrogen-bond donors (Lipinski definition) is 0. The Bertz CT molecular complexity index is 1480. The lowest BCUT2D eigenvalue weighted by atomic mass is 10.0. The van der Waals surface area contributed by atoms with Crippen LogP contribution < -0.4 is 0 Å². The summed E-state index contributed by atoms with van der Waals surface area (Å²) in [5, 5.41) is 2.89. The van der Waals surface area contributed by atoms with Crippen LogP contribution in [0.3, 0.4) is 0 Å². The quantitative estimate of drug-likeness (QED) is 0.287. The molecule has 1 aromatic heterocycles. The van der Waals surface area contributed by atoms with Crippen molar-refractivity contribution in [1.82, 2.24) is 9.47 Å². The first-order valence-corrected chi connectivity index (χ1v) is 11.7. The third-order valence-corrected chi connectivity index (χ3v) is 6.96. The molecule has 0 N–H and O–H groups in total. The van der Waals surface area contributed by atoms with Crippen LogP contribution in [0, 0.1) is 0 Å². The summed E-state index contributed by atoms with van der Waals surface area (Å²) in [6, 6.07) is 21.6. The SMILES string of the molecule is COC(=O)[C@H](C)N1C(=O)S/C(=C/c2cn(Cc3cccc4ccccc34)c3ccccc23)C1=O. The van der Waals surface area contributed by atoms with E-state index < -0.39 is 23.2 Å². The Morgan fingerprint density at radius 2 is 1.71 bits per heavy atom. The second-order valence-corrected chi connectivity index (χ2v) is 9.11.